The van der Waals surface area contributed by atoms with Gasteiger partial charge in [-0.2, -0.15) is 0 Å². The van der Waals surface area contributed by atoms with Crippen LogP contribution in [0.5, 0.6) is 23.0 Å². The van der Waals surface area contributed by atoms with Gasteiger partial charge in [0.25, 0.3) is 0 Å². The van der Waals surface area contributed by atoms with E-state index in [9.17, 15) is 45.6 Å². The highest BCUT2D eigenvalue weighted by atomic mass is 16.4. The van der Waals surface area contributed by atoms with Gasteiger partial charge in [-0.1, -0.05) is 115 Å². The van der Waals surface area contributed by atoms with Gasteiger partial charge >= 0.3 is 6.09 Å². The lowest BCUT2D eigenvalue weighted by Gasteiger charge is -2.25. The Bertz CT molecular complexity index is 2380. The van der Waals surface area contributed by atoms with Crippen LogP contribution in [-0.4, -0.2) is 53.5 Å². The number of aromatic hydroxyl groups is 4. The average molecular weight is 722 g/mol. The van der Waals surface area contributed by atoms with E-state index in [2.05, 4.69) is 0 Å². The van der Waals surface area contributed by atoms with Crippen molar-refractivity contribution in [3.63, 3.8) is 0 Å². The molecule has 270 valence electrons. The van der Waals surface area contributed by atoms with Crippen molar-refractivity contribution >= 4 is 22.9 Å². The Morgan fingerprint density at radius 3 is 1.91 bits per heavy atom. The summed E-state index contributed by atoms with van der Waals surface area (Å²) in [5.41, 5.74) is 3.41. The van der Waals surface area contributed by atoms with Crippen LogP contribution in [0.25, 0.3) is 33.4 Å². The Morgan fingerprint density at radius 2 is 1.30 bits per heavy atom. The van der Waals surface area contributed by atoms with Crippen LogP contribution >= 0.6 is 0 Å². The molecule has 4 aromatic rings. The highest BCUT2D eigenvalue weighted by molar-refractivity contribution is 5.97. The summed E-state index contributed by atoms with van der Waals surface area (Å²) in [6, 6.07) is 23.7. The first-order valence-corrected chi connectivity index (χ1v) is 16.7. The number of amides is 1. The molecule has 0 aromatic heterocycles. The normalized spacial score (nSPS) is 14.5. The fraction of sp³-hybridized carbons (Fsp3) is 0.0682. The molecular weight excluding hydrogens is 686 g/mol. The summed E-state index contributed by atoms with van der Waals surface area (Å²) in [5, 5.41) is 88.8. The predicted octanol–water partition coefficient (Wildman–Crippen LogP) is 9.41. The fourth-order valence-electron chi connectivity index (χ4n) is 6.55. The van der Waals surface area contributed by atoms with Crippen molar-refractivity contribution in [2.24, 2.45) is 0 Å². The molecule has 10 heteroatoms. The number of hydrogen-bond acceptors (Lipinski definition) is 8. The third-order valence-corrected chi connectivity index (χ3v) is 9.13. The van der Waals surface area contributed by atoms with Gasteiger partial charge in [-0.05, 0) is 69.4 Å². The molecular formula is C44H35NO9. The molecule has 0 spiro atoms. The number of rotatable bonds is 8. The van der Waals surface area contributed by atoms with Crippen LogP contribution in [0, 0.1) is 12.3 Å². The number of carbonyl (C=O) groups is 1. The summed E-state index contributed by atoms with van der Waals surface area (Å²) in [6.45, 7) is -1.14. The van der Waals surface area contributed by atoms with Crippen LogP contribution in [-0.2, 0) is 0 Å². The van der Waals surface area contributed by atoms with Gasteiger partial charge in [0.15, 0.2) is 40.3 Å². The number of nitrogens with zero attached hydrogens (tertiary/aromatic N) is 1. The predicted molar refractivity (Wildman–Crippen MR) is 208 cm³/mol. The molecule has 54 heavy (non-hydrogen) atoms. The second-order valence-electron chi connectivity index (χ2n) is 12.3. The van der Waals surface area contributed by atoms with Crippen molar-refractivity contribution in [3.8, 4) is 57.6 Å². The van der Waals surface area contributed by atoms with Gasteiger partial charge in [-0.3, -0.25) is 4.90 Å². The molecule has 0 unspecified atom stereocenters. The van der Waals surface area contributed by atoms with Crippen LogP contribution in [0.4, 0.5) is 10.5 Å². The number of carboxylic acid groups (broad SMARTS) is 1. The molecule has 0 fully saturated rings. The molecule has 2 aliphatic carbocycles. The van der Waals surface area contributed by atoms with Crippen LogP contribution in [0.2, 0.25) is 0 Å². The summed E-state index contributed by atoms with van der Waals surface area (Å²) in [6.07, 6.45) is 17.0. The average Bonchev–Trinajstić information content (AvgIpc) is 3.54. The van der Waals surface area contributed by atoms with Crippen LogP contribution in [0.15, 0.2) is 150 Å². The Hall–Kier alpha value is -7.51. The van der Waals surface area contributed by atoms with E-state index in [0.29, 0.717) is 23.1 Å². The zero-order valence-electron chi connectivity index (χ0n) is 28.7. The smallest absolute Gasteiger partial charge is 0.412 e. The molecule has 0 saturated carbocycles. The quantitative estimate of drug-likeness (QED) is 0.0289. The SMILES string of the molecule is C#C/C(O)=C(\C(O)=C(\O)CN(C(=O)O)c1c(O)c(O)c(C2=C3CC=CC=CC3=CC=CC2)c(O)c1O)c1ccc(-c2ccccc2)c(-c2ccccc2)c1. The lowest BCUT2D eigenvalue weighted by atomic mass is 9.89. The monoisotopic (exact) mass is 721 g/mol. The number of phenolic OH excluding ortho intramolecular Hbond substituents is 4. The van der Waals surface area contributed by atoms with Crippen LogP contribution in [0.3, 0.4) is 0 Å². The van der Waals surface area contributed by atoms with Crippen molar-refractivity contribution in [3.05, 3.63) is 161 Å². The molecule has 0 aliphatic heterocycles. The zero-order chi connectivity index (χ0) is 38.5. The maximum absolute atomic E-state index is 12.6. The standard InChI is InChI=1S/C44H35NO9/c1-2-34(46)36(29-22-23-31(27-15-6-3-7-16-27)33(24-29)28-17-8-4-9-18-28)39(48)35(47)25-45(44(53)54)38-42(51)40(49)37(41(50)43(38)52)32-21-13-12-19-26-14-10-5-11-20-30(26)32/h1,3-19,22-24,46-52H,20-21,25H2,(H,53,54)/b36-34+,39-35-. The van der Waals surface area contributed by atoms with Crippen molar-refractivity contribution in [2.75, 3.05) is 11.4 Å². The van der Waals surface area contributed by atoms with E-state index in [-0.39, 0.29) is 22.4 Å². The number of benzene rings is 4. The van der Waals surface area contributed by atoms with Crippen LogP contribution < -0.4 is 4.90 Å². The number of allylic oxidation sites excluding steroid dienone is 12. The van der Waals surface area contributed by atoms with Crippen molar-refractivity contribution in [1.29, 1.82) is 0 Å². The minimum absolute atomic E-state index is 0.156. The van der Waals surface area contributed by atoms with Gasteiger partial charge < -0.3 is 40.9 Å². The van der Waals surface area contributed by atoms with Gasteiger partial charge in [0.05, 0.1) is 17.7 Å². The molecule has 0 saturated heterocycles. The minimum Gasteiger partial charge on any atom is -0.507 e. The third kappa shape index (κ3) is 6.89. The second-order valence-corrected chi connectivity index (χ2v) is 12.3. The van der Waals surface area contributed by atoms with Crippen molar-refractivity contribution < 1.29 is 45.6 Å². The number of fused-ring (bicyclic) bond motifs is 1. The lowest BCUT2D eigenvalue weighted by Crippen LogP contribution is -2.32. The van der Waals surface area contributed by atoms with Crippen LogP contribution in [0.1, 0.15) is 24.0 Å². The van der Waals surface area contributed by atoms with Crippen molar-refractivity contribution in [2.45, 2.75) is 12.8 Å². The first kappa shape index (κ1) is 36.3. The van der Waals surface area contributed by atoms with E-state index in [4.69, 9.17) is 6.42 Å². The summed E-state index contributed by atoms with van der Waals surface area (Å²) in [4.78, 5) is 12.9. The number of aliphatic hydroxyl groups is 3. The molecule has 0 heterocycles. The second kappa shape index (κ2) is 15.4. The van der Waals surface area contributed by atoms with Gasteiger partial charge in [0.1, 0.15) is 5.69 Å². The largest absolute Gasteiger partial charge is 0.507 e. The molecule has 10 nitrogen and oxygen atoms in total. The van der Waals surface area contributed by atoms with E-state index in [1.807, 2.05) is 97.0 Å². The van der Waals surface area contributed by atoms with E-state index < -0.39 is 64.2 Å². The van der Waals surface area contributed by atoms with Crippen molar-refractivity contribution in [1.82, 2.24) is 0 Å². The Balaban J connectivity index is 1.45. The fourth-order valence-corrected chi connectivity index (χ4v) is 6.55. The minimum atomic E-state index is -1.86. The number of terminal acetylenes is 1. The highest BCUT2D eigenvalue weighted by Gasteiger charge is 2.34. The highest BCUT2D eigenvalue weighted by Crippen LogP contribution is 2.55. The Labute approximate surface area is 310 Å². The van der Waals surface area contributed by atoms with E-state index >= 15 is 0 Å². The van der Waals surface area contributed by atoms with E-state index in [0.717, 1.165) is 22.3 Å². The molecule has 2 aliphatic rings. The third-order valence-electron chi connectivity index (χ3n) is 9.13. The summed E-state index contributed by atoms with van der Waals surface area (Å²) < 4.78 is 0. The molecule has 4 aromatic carbocycles. The lowest BCUT2D eigenvalue weighted by molar-refractivity contribution is 0.200. The number of hydrogen-bond donors (Lipinski definition) is 8. The maximum Gasteiger partial charge on any atom is 0.412 e. The Kier molecular flexibility index (Phi) is 10.3. The number of phenols is 4. The molecule has 0 radical (unpaired) electrons. The summed E-state index contributed by atoms with van der Waals surface area (Å²) in [7, 11) is 0. The first-order valence-electron chi connectivity index (χ1n) is 16.7. The molecule has 0 bridgehead atoms. The molecule has 0 atom stereocenters. The summed E-state index contributed by atoms with van der Waals surface area (Å²) in [5.74, 6) is -4.91. The Morgan fingerprint density at radius 1 is 0.704 bits per heavy atom. The molecule has 1 amide bonds. The number of anilines is 1. The van der Waals surface area contributed by atoms with Gasteiger partial charge in [0.2, 0.25) is 0 Å². The van der Waals surface area contributed by atoms with E-state index in [1.54, 1.807) is 30.4 Å². The number of aliphatic hydroxyl groups excluding tert-OH is 3. The van der Waals surface area contributed by atoms with E-state index in [1.165, 1.54) is 0 Å². The summed E-state index contributed by atoms with van der Waals surface area (Å²) >= 11 is 0. The first-order chi connectivity index (χ1) is 26.0. The topological polar surface area (TPSA) is 182 Å². The molecule has 8 N–H and O–H groups in total. The van der Waals surface area contributed by atoms with Gasteiger partial charge in [-0.15, -0.1) is 6.42 Å². The molecule has 6 rings (SSSR count). The van der Waals surface area contributed by atoms with Gasteiger partial charge in [0, 0.05) is 0 Å². The van der Waals surface area contributed by atoms with Gasteiger partial charge in [-0.25, -0.2) is 4.79 Å². The zero-order valence-corrected chi connectivity index (χ0v) is 28.7. The maximum atomic E-state index is 12.6.